The molecule has 2 N–H and O–H groups in total. The number of rotatable bonds is 8. The van der Waals surface area contributed by atoms with E-state index >= 15 is 0 Å². The summed E-state index contributed by atoms with van der Waals surface area (Å²) in [5.41, 5.74) is 2.16. The molecular weight excluding hydrogens is 362 g/mol. The van der Waals surface area contributed by atoms with Crippen LogP contribution in [0.25, 0.3) is 11.1 Å². The van der Waals surface area contributed by atoms with Crippen molar-refractivity contribution in [3.63, 3.8) is 0 Å². The quantitative estimate of drug-likeness (QED) is 0.728. The number of para-hydroxylation sites is 1. The van der Waals surface area contributed by atoms with Crippen molar-refractivity contribution >= 4 is 18.3 Å². The minimum atomic E-state index is 0. The van der Waals surface area contributed by atoms with Crippen LogP contribution in [0.5, 0.6) is 5.75 Å². The maximum absolute atomic E-state index is 12.0. The lowest BCUT2D eigenvalue weighted by atomic mass is 10.1. The van der Waals surface area contributed by atoms with Gasteiger partial charge >= 0.3 is 0 Å². The fraction of sp³-hybridized carbons (Fsp3) is 0.381. The summed E-state index contributed by atoms with van der Waals surface area (Å²) in [6.45, 7) is 6.14. The van der Waals surface area contributed by atoms with Crippen LogP contribution < -0.4 is 15.4 Å². The molecule has 0 bridgehead atoms. The molecule has 146 valence electrons. The first-order chi connectivity index (χ1) is 12.8. The van der Waals surface area contributed by atoms with E-state index in [4.69, 9.17) is 4.74 Å². The Morgan fingerprint density at radius 1 is 1.04 bits per heavy atom. The first-order valence-electron chi connectivity index (χ1n) is 9.30. The highest BCUT2D eigenvalue weighted by Crippen LogP contribution is 2.29. The second-order valence-electron chi connectivity index (χ2n) is 6.40. The fourth-order valence-electron chi connectivity index (χ4n) is 3.08. The summed E-state index contributed by atoms with van der Waals surface area (Å²) in [6.07, 6.45) is 0.366. The molecule has 3 rings (SSSR count). The van der Waals surface area contributed by atoms with Crippen LogP contribution in [-0.4, -0.2) is 56.7 Å². The zero-order valence-electron chi connectivity index (χ0n) is 15.5. The first-order valence-corrected chi connectivity index (χ1v) is 9.30. The summed E-state index contributed by atoms with van der Waals surface area (Å²) in [5.74, 6) is 0.852. The number of benzene rings is 2. The molecule has 0 spiro atoms. The summed E-state index contributed by atoms with van der Waals surface area (Å²) < 4.78 is 5.88. The zero-order chi connectivity index (χ0) is 18.0. The molecule has 6 heteroatoms. The Bertz CT molecular complexity index is 691. The van der Waals surface area contributed by atoms with Gasteiger partial charge in [0, 0.05) is 44.8 Å². The molecular formula is C21H28ClN3O2. The van der Waals surface area contributed by atoms with E-state index in [1.807, 2.05) is 42.5 Å². The normalized spacial score (nSPS) is 14.2. The van der Waals surface area contributed by atoms with Gasteiger partial charge in [-0.05, 0) is 11.6 Å². The van der Waals surface area contributed by atoms with Gasteiger partial charge in [0.1, 0.15) is 5.75 Å². The molecule has 1 aliphatic heterocycles. The van der Waals surface area contributed by atoms with Crippen molar-refractivity contribution in [1.29, 1.82) is 0 Å². The molecule has 0 radical (unpaired) electrons. The van der Waals surface area contributed by atoms with Crippen molar-refractivity contribution < 1.29 is 9.53 Å². The predicted molar refractivity (Wildman–Crippen MR) is 112 cm³/mol. The van der Waals surface area contributed by atoms with Gasteiger partial charge in [-0.1, -0.05) is 48.5 Å². The van der Waals surface area contributed by atoms with E-state index in [0.29, 0.717) is 19.6 Å². The molecule has 0 aliphatic carbocycles. The number of nitrogens with zero attached hydrogens (tertiary/aromatic N) is 1. The third-order valence-corrected chi connectivity index (χ3v) is 4.52. The molecule has 0 aromatic heterocycles. The highest BCUT2D eigenvalue weighted by Gasteiger charge is 2.10. The fourth-order valence-corrected chi connectivity index (χ4v) is 3.08. The Hall–Kier alpha value is -2.08. The number of piperazine rings is 1. The number of carbonyl (C=O) groups is 1. The standard InChI is InChI=1S/C21H27N3O2.ClH/c25-21(23-13-16-24-14-11-22-12-15-24)10-17-26-20-9-5-4-8-19(20)18-6-2-1-3-7-18;/h1-9,22H,10-17H2,(H,23,25);1H. The second kappa shape index (κ2) is 11.6. The Labute approximate surface area is 167 Å². The number of hydrogen-bond acceptors (Lipinski definition) is 4. The van der Waals surface area contributed by atoms with Crippen LogP contribution in [0.4, 0.5) is 0 Å². The number of carbonyl (C=O) groups excluding carboxylic acids is 1. The van der Waals surface area contributed by atoms with Crippen molar-refractivity contribution in [2.45, 2.75) is 6.42 Å². The van der Waals surface area contributed by atoms with Crippen molar-refractivity contribution in [2.24, 2.45) is 0 Å². The molecule has 1 aliphatic rings. The van der Waals surface area contributed by atoms with Crippen LogP contribution in [0.3, 0.4) is 0 Å². The topological polar surface area (TPSA) is 53.6 Å². The van der Waals surface area contributed by atoms with Crippen LogP contribution >= 0.6 is 12.4 Å². The van der Waals surface area contributed by atoms with Gasteiger partial charge in [-0.15, -0.1) is 12.4 Å². The number of amides is 1. The van der Waals surface area contributed by atoms with Gasteiger partial charge in [0.15, 0.2) is 0 Å². The number of halogens is 1. The SMILES string of the molecule is Cl.O=C(CCOc1ccccc1-c1ccccc1)NCCN1CCNCC1. The average Bonchev–Trinajstić information content (AvgIpc) is 2.70. The Morgan fingerprint density at radius 2 is 1.74 bits per heavy atom. The van der Waals surface area contributed by atoms with E-state index < -0.39 is 0 Å². The molecule has 27 heavy (non-hydrogen) atoms. The van der Waals surface area contributed by atoms with Crippen LogP contribution in [-0.2, 0) is 4.79 Å². The van der Waals surface area contributed by atoms with E-state index in [0.717, 1.165) is 49.6 Å². The van der Waals surface area contributed by atoms with Gasteiger partial charge in [-0.25, -0.2) is 0 Å². The monoisotopic (exact) mass is 389 g/mol. The Morgan fingerprint density at radius 3 is 2.52 bits per heavy atom. The van der Waals surface area contributed by atoms with Gasteiger partial charge in [-0.3, -0.25) is 9.69 Å². The minimum Gasteiger partial charge on any atom is -0.492 e. The van der Waals surface area contributed by atoms with Crippen LogP contribution in [0, 0.1) is 0 Å². The summed E-state index contributed by atoms with van der Waals surface area (Å²) in [6, 6.07) is 18.1. The zero-order valence-corrected chi connectivity index (χ0v) is 16.3. The van der Waals surface area contributed by atoms with Crippen molar-refractivity contribution in [3.05, 3.63) is 54.6 Å². The van der Waals surface area contributed by atoms with E-state index in [9.17, 15) is 4.79 Å². The largest absolute Gasteiger partial charge is 0.492 e. The van der Waals surface area contributed by atoms with Gasteiger partial charge in [0.25, 0.3) is 0 Å². The highest BCUT2D eigenvalue weighted by atomic mass is 35.5. The maximum Gasteiger partial charge on any atom is 0.223 e. The van der Waals surface area contributed by atoms with E-state index in [2.05, 4.69) is 27.7 Å². The lowest BCUT2D eigenvalue weighted by Gasteiger charge is -2.27. The summed E-state index contributed by atoms with van der Waals surface area (Å²) in [7, 11) is 0. The average molecular weight is 390 g/mol. The Kier molecular flexibility index (Phi) is 9.11. The van der Waals surface area contributed by atoms with Gasteiger partial charge in [0.05, 0.1) is 13.0 Å². The smallest absolute Gasteiger partial charge is 0.223 e. The highest BCUT2D eigenvalue weighted by molar-refractivity contribution is 5.85. The van der Waals surface area contributed by atoms with Crippen LogP contribution in [0.2, 0.25) is 0 Å². The number of hydrogen-bond donors (Lipinski definition) is 2. The van der Waals surface area contributed by atoms with Crippen LogP contribution in [0.15, 0.2) is 54.6 Å². The van der Waals surface area contributed by atoms with Crippen molar-refractivity contribution in [3.8, 4) is 16.9 Å². The summed E-state index contributed by atoms with van der Waals surface area (Å²) >= 11 is 0. The number of ether oxygens (including phenoxy) is 1. The lowest BCUT2D eigenvalue weighted by molar-refractivity contribution is -0.121. The molecule has 1 fully saturated rings. The molecule has 0 saturated carbocycles. The lowest BCUT2D eigenvalue weighted by Crippen LogP contribution is -2.46. The molecule has 1 heterocycles. The third-order valence-electron chi connectivity index (χ3n) is 4.52. The molecule has 0 atom stereocenters. The van der Waals surface area contributed by atoms with Gasteiger partial charge in [-0.2, -0.15) is 0 Å². The summed E-state index contributed by atoms with van der Waals surface area (Å²) in [4.78, 5) is 14.4. The summed E-state index contributed by atoms with van der Waals surface area (Å²) in [5, 5.41) is 6.31. The number of nitrogens with one attached hydrogen (secondary N) is 2. The van der Waals surface area contributed by atoms with E-state index in [-0.39, 0.29) is 18.3 Å². The first kappa shape index (κ1) is 21.2. The predicted octanol–water partition coefficient (Wildman–Crippen LogP) is 2.57. The minimum absolute atomic E-state index is 0. The van der Waals surface area contributed by atoms with Gasteiger partial charge in [0.2, 0.25) is 5.91 Å². The molecule has 2 aromatic carbocycles. The van der Waals surface area contributed by atoms with Crippen molar-refractivity contribution in [1.82, 2.24) is 15.5 Å². The van der Waals surface area contributed by atoms with E-state index in [1.165, 1.54) is 0 Å². The maximum atomic E-state index is 12.0. The van der Waals surface area contributed by atoms with Crippen molar-refractivity contribution in [2.75, 3.05) is 45.9 Å². The van der Waals surface area contributed by atoms with Gasteiger partial charge < -0.3 is 15.4 Å². The van der Waals surface area contributed by atoms with E-state index in [1.54, 1.807) is 0 Å². The molecule has 1 amide bonds. The Balaban J connectivity index is 0.00000261. The molecule has 2 aromatic rings. The second-order valence-corrected chi connectivity index (χ2v) is 6.40. The molecule has 5 nitrogen and oxygen atoms in total. The third kappa shape index (κ3) is 6.86. The molecule has 1 saturated heterocycles. The van der Waals surface area contributed by atoms with Crippen LogP contribution in [0.1, 0.15) is 6.42 Å². The molecule has 0 unspecified atom stereocenters.